The van der Waals surface area contributed by atoms with Gasteiger partial charge in [-0.05, 0) is 29.8 Å². The van der Waals surface area contributed by atoms with E-state index in [1.165, 1.54) is 0 Å². The van der Waals surface area contributed by atoms with Crippen LogP contribution in [0.4, 0.5) is 5.69 Å². The summed E-state index contributed by atoms with van der Waals surface area (Å²) < 4.78 is 1.89. The monoisotopic (exact) mass is 341 g/mol. The molecular weight excluding hydrogens is 326 g/mol. The van der Waals surface area contributed by atoms with Gasteiger partial charge in [0.15, 0.2) is 0 Å². The molecule has 5 nitrogen and oxygen atoms in total. The average molecular weight is 342 g/mol. The first-order chi connectivity index (χ1) is 11.6. The molecular formula is C18H16ClN3O2. The third kappa shape index (κ3) is 3.26. The second-order valence-corrected chi connectivity index (χ2v) is 5.82. The molecule has 3 aromatic rings. The lowest BCUT2D eigenvalue weighted by Crippen LogP contribution is -2.18. The Morgan fingerprint density at radius 2 is 2.04 bits per heavy atom. The lowest BCUT2D eigenvalue weighted by Gasteiger charge is -2.21. The molecule has 6 heteroatoms. The zero-order valence-corrected chi connectivity index (χ0v) is 13.7. The van der Waals surface area contributed by atoms with Crippen LogP contribution in [0.1, 0.15) is 27.8 Å². The number of hydrogen-bond acceptors (Lipinski definition) is 3. The van der Waals surface area contributed by atoms with Crippen molar-refractivity contribution in [2.75, 3.05) is 5.32 Å². The molecule has 2 aromatic carbocycles. The summed E-state index contributed by atoms with van der Waals surface area (Å²) in [5.74, 6) is -0.222. The first-order valence-corrected chi connectivity index (χ1v) is 7.75. The van der Waals surface area contributed by atoms with E-state index in [0.29, 0.717) is 10.7 Å². The van der Waals surface area contributed by atoms with Crippen molar-refractivity contribution in [3.05, 3.63) is 82.9 Å². The van der Waals surface area contributed by atoms with Gasteiger partial charge in [0.2, 0.25) is 0 Å². The number of anilines is 1. The maximum absolute atomic E-state index is 11.5. The average Bonchev–Trinajstić information content (AvgIpc) is 2.98. The molecule has 0 aliphatic rings. The van der Waals surface area contributed by atoms with Crippen LogP contribution in [0.2, 0.25) is 5.02 Å². The van der Waals surface area contributed by atoms with Crippen molar-refractivity contribution < 1.29 is 9.90 Å². The van der Waals surface area contributed by atoms with E-state index in [1.807, 2.05) is 36.0 Å². The maximum Gasteiger partial charge on any atom is 0.337 e. The summed E-state index contributed by atoms with van der Waals surface area (Å²) in [7, 11) is 1.89. The number of nitrogens with one attached hydrogen (secondary N) is 1. The number of carboxylic acid groups (broad SMARTS) is 1. The van der Waals surface area contributed by atoms with Crippen LogP contribution >= 0.6 is 11.6 Å². The predicted octanol–water partition coefficient (Wildman–Crippen LogP) is 3.97. The smallest absolute Gasteiger partial charge is 0.337 e. The highest BCUT2D eigenvalue weighted by Gasteiger charge is 2.21. The number of aryl methyl sites for hydroxylation is 1. The third-order valence-corrected chi connectivity index (χ3v) is 3.99. The van der Waals surface area contributed by atoms with Gasteiger partial charge in [-0.3, -0.25) is 0 Å². The fourth-order valence-corrected chi connectivity index (χ4v) is 2.79. The molecule has 0 saturated carbocycles. The summed E-state index contributed by atoms with van der Waals surface area (Å²) in [4.78, 5) is 15.9. The van der Waals surface area contributed by atoms with E-state index in [0.717, 1.165) is 11.4 Å². The Bertz CT molecular complexity index is 876. The molecule has 0 amide bonds. The Balaban J connectivity index is 2.07. The number of rotatable bonds is 5. The zero-order valence-electron chi connectivity index (χ0n) is 13.0. The molecule has 3 rings (SSSR count). The van der Waals surface area contributed by atoms with Gasteiger partial charge in [-0.1, -0.05) is 35.9 Å². The quantitative estimate of drug-likeness (QED) is 0.736. The summed E-state index contributed by atoms with van der Waals surface area (Å²) in [6.07, 6.45) is 3.55. The highest BCUT2D eigenvalue weighted by Crippen LogP contribution is 2.28. The van der Waals surface area contributed by atoms with Crippen molar-refractivity contribution in [3.8, 4) is 0 Å². The molecule has 0 bridgehead atoms. The van der Waals surface area contributed by atoms with Gasteiger partial charge >= 0.3 is 5.97 Å². The van der Waals surface area contributed by atoms with Crippen molar-refractivity contribution in [3.63, 3.8) is 0 Å². The van der Waals surface area contributed by atoms with Gasteiger partial charge in [-0.25, -0.2) is 9.78 Å². The molecule has 2 N–H and O–H groups in total. The van der Waals surface area contributed by atoms with E-state index in [9.17, 15) is 9.90 Å². The fourth-order valence-electron chi connectivity index (χ4n) is 2.59. The largest absolute Gasteiger partial charge is 0.478 e. The number of halogens is 1. The molecule has 24 heavy (non-hydrogen) atoms. The van der Waals surface area contributed by atoms with Gasteiger partial charge in [0, 0.05) is 30.2 Å². The number of imidazole rings is 1. The number of para-hydroxylation sites is 1. The molecule has 0 radical (unpaired) electrons. The fraction of sp³-hybridized carbons (Fsp3) is 0.111. The minimum Gasteiger partial charge on any atom is -0.478 e. The Labute approximate surface area is 144 Å². The van der Waals surface area contributed by atoms with Gasteiger partial charge in [-0.2, -0.15) is 0 Å². The Kier molecular flexibility index (Phi) is 4.53. The topological polar surface area (TPSA) is 67.2 Å². The molecule has 1 heterocycles. The third-order valence-electron chi connectivity index (χ3n) is 3.76. The van der Waals surface area contributed by atoms with Gasteiger partial charge in [-0.15, -0.1) is 0 Å². The lowest BCUT2D eigenvalue weighted by molar-refractivity contribution is 0.0698. The molecule has 1 aromatic heterocycles. The number of benzene rings is 2. The SMILES string of the molecule is Cn1ccnc1C(Nc1ccccc1C(=O)O)c1cccc(Cl)c1. The first-order valence-electron chi connectivity index (χ1n) is 7.38. The van der Waals surface area contributed by atoms with Gasteiger partial charge in [0.1, 0.15) is 11.9 Å². The van der Waals surface area contributed by atoms with Crippen LogP contribution < -0.4 is 5.32 Å². The van der Waals surface area contributed by atoms with Crippen molar-refractivity contribution in [1.82, 2.24) is 9.55 Å². The summed E-state index contributed by atoms with van der Waals surface area (Å²) in [5.41, 5.74) is 1.63. The van der Waals surface area contributed by atoms with Crippen LogP contribution in [0.3, 0.4) is 0 Å². The minimum atomic E-state index is -0.984. The highest BCUT2D eigenvalue weighted by atomic mass is 35.5. The van der Waals surface area contributed by atoms with E-state index in [-0.39, 0.29) is 11.6 Å². The molecule has 0 aliphatic heterocycles. The van der Waals surface area contributed by atoms with Gasteiger partial charge in [0.05, 0.1) is 5.56 Å². The van der Waals surface area contributed by atoms with Crippen molar-refractivity contribution in [2.24, 2.45) is 7.05 Å². The number of carboxylic acids is 1. The standard InChI is InChI=1S/C18H16ClN3O2/c1-22-10-9-20-17(22)16(12-5-4-6-13(19)11-12)21-15-8-3-2-7-14(15)18(23)24/h2-11,16,21H,1H3,(H,23,24). The van der Waals surface area contributed by atoms with E-state index in [4.69, 9.17) is 11.6 Å². The number of carbonyl (C=O) groups is 1. The summed E-state index contributed by atoms with van der Waals surface area (Å²) >= 11 is 6.13. The van der Waals surface area contributed by atoms with Crippen molar-refractivity contribution >= 4 is 23.3 Å². The summed E-state index contributed by atoms with van der Waals surface area (Å²) in [6.45, 7) is 0. The van der Waals surface area contributed by atoms with Crippen LogP contribution in [0.15, 0.2) is 60.9 Å². The summed E-state index contributed by atoms with van der Waals surface area (Å²) in [5, 5.41) is 13.3. The lowest BCUT2D eigenvalue weighted by atomic mass is 10.0. The van der Waals surface area contributed by atoms with Gasteiger partial charge < -0.3 is 15.0 Å². The number of hydrogen-bond donors (Lipinski definition) is 2. The molecule has 0 aliphatic carbocycles. The highest BCUT2D eigenvalue weighted by molar-refractivity contribution is 6.30. The van der Waals surface area contributed by atoms with E-state index in [1.54, 1.807) is 36.5 Å². The minimum absolute atomic E-state index is 0.207. The van der Waals surface area contributed by atoms with Crippen LogP contribution in [0, 0.1) is 0 Å². The van der Waals surface area contributed by atoms with E-state index in [2.05, 4.69) is 10.3 Å². The number of aromatic carboxylic acids is 1. The Hall–Kier alpha value is -2.79. The molecule has 1 atom stereocenters. The number of aromatic nitrogens is 2. The molecule has 1 unspecified atom stereocenters. The van der Waals surface area contributed by atoms with Crippen LogP contribution in [0.25, 0.3) is 0 Å². The normalized spacial score (nSPS) is 11.9. The maximum atomic E-state index is 11.5. The molecule has 0 spiro atoms. The van der Waals surface area contributed by atoms with Crippen LogP contribution in [0.5, 0.6) is 0 Å². The Morgan fingerprint density at radius 1 is 1.25 bits per heavy atom. The van der Waals surface area contributed by atoms with Crippen LogP contribution in [-0.2, 0) is 7.05 Å². The number of nitrogens with zero attached hydrogens (tertiary/aromatic N) is 2. The van der Waals surface area contributed by atoms with Crippen molar-refractivity contribution in [2.45, 2.75) is 6.04 Å². The molecule has 122 valence electrons. The van der Waals surface area contributed by atoms with E-state index >= 15 is 0 Å². The van der Waals surface area contributed by atoms with Crippen LogP contribution in [-0.4, -0.2) is 20.6 Å². The molecule has 0 saturated heterocycles. The first kappa shape index (κ1) is 16.1. The zero-order chi connectivity index (χ0) is 17.1. The second kappa shape index (κ2) is 6.76. The van der Waals surface area contributed by atoms with Gasteiger partial charge in [0.25, 0.3) is 0 Å². The van der Waals surface area contributed by atoms with Crippen molar-refractivity contribution in [1.29, 1.82) is 0 Å². The van der Waals surface area contributed by atoms with E-state index < -0.39 is 5.97 Å². The Morgan fingerprint density at radius 3 is 2.71 bits per heavy atom. The predicted molar refractivity (Wildman–Crippen MR) is 93.5 cm³/mol. The summed E-state index contributed by atoms with van der Waals surface area (Å²) in [6, 6.07) is 13.9. The second-order valence-electron chi connectivity index (χ2n) is 5.38. The molecule has 0 fully saturated rings.